The Morgan fingerprint density at radius 3 is 2.03 bits per heavy atom. The third kappa shape index (κ3) is 8.27. The highest BCUT2D eigenvalue weighted by atomic mass is 16.6. The first-order valence-electron chi connectivity index (χ1n) is 9.58. The summed E-state index contributed by atoms with van der Waals surface area (Å²) in [6, 6.07) is 10.9. The van der Waals surface area contributed by atoms with Gasteiger partial charge >= 0.3 is 11.9 Å². The molecule has 32 heavy (non-hydrogen) atoms. The molecule has 166 valence electrons. The molecule has 0 aliphatic heterocycles. The number of esters is 1. The summed E-state index contributed by atoms with van der Waals surface area (Å²) in [5.41, 5.74) is 1.29. The average Bonchev–Trinajstić information content (AvgIpc) is 2.76. The second-order valence-corrected chi connectivity index (χ2v) is 6.65. The zero-order valence-electron chi connectivity index (χ0n) is 17.3. The number of aliphatic carboxylic acids is 1. The SMILES string of the molecule is COc1cc(C=CC(=O)CC(=O)C=Cc2ccc(O)cc2)ccc1OC(=O)CCC(=O)O. The maximum absolute atomic E-state index is 12.1. The molecule has 8 nitrogen and oxygen atoms in total. The predicted octanol–water partition coefficient (Wildman–Crippen LogP) is 3.43. The quantitative estimate of drug-likeness (QED) is 0.236. The van der Waals surface area contributed by atoms with Crippen molar-refractivity contribution in [3.8, 4) is 17.2 Å². The van der Waals surface area contributed by atoms with E-state index in [9.17, 15) is 24.3 Å². The Morgan fingerprint density at radius 2 is 1.44 bits per heavy atom. The van der Waals surface area contributed by atoms with Crippen molar-refractivity contribution in [1.82, 2.24) is 0 Å². The van der Waals surface area contributed by atoms with E-state index in [4.69, 9.17) is 14.6 Å². The standard InChI is InChI=1S/C24H22O8/c1-31-22-14-17(6-11-21(22)32-24(30)13-12-23(28)29)5-10-20(27)15-19(26)9-4-16-2-7-18(25)8-3-16/h2-11,14,25H,12-13,15H2,1H3,(H,28,29). The molecule has 0 aliphatic rings. The molecule has 0 fully saturated rings. The van der Waals surface area contributed by atoms with Crippen molar-refractivity contribution >= 4 is 35.7 Å². The van der Waals surface area contributed by atoms with E-state index in [1.807, 2.05) is 0 Å². The van der Waals surface area contributed by atoms with Crippen LogP contribution in [0.5, 0.6) is 17.2 Å². The zero-order chi connectivity index (χ0) is 23.5. The third-order valence-corrected chi connectivity index (χ3v) is 4.12. The minimum absolute atomic E-state index is 0.120. The number of methoxy groups -OCH3 is 1. The number of aromatic hydroxyl groups is 1. The van der Waals surface area contributed by atoms with Gasteiger partial charge in [0.1, 0.15) is 5.75 Å². The lowest BCUT2D eigenvalue weighted by Crippen LogP contribution is -2.10. The molecule has 0 radical (unpaired) electrons. The highest BCUT2D eigenvalue weighted by Crippen LogP contribution is 2.29. The number of rotatable bonds is 11. The molecule has 0 unspecified atom stereocenters. The first-order valence-corrected chi connectivity index (χ1v) is 9.58. The van der Waals surface area contributed by atoms with Gasteiger partial charge in [0.2, 0.25) is 0 Å². The number of carboxylic acid groups (broad SMARTS) is 1. The van der Waals surface area contributed by atoms with Gasteiger partial charge < -0.3 is 19.7 Å². The highest BCUT2D eigenvalue weighted by molar-refractivity contribution is 6.10. The largest absolute Gasteiger partial charge is 0.508 e. The lowest BCUT2D eigenvalue weighted by Gasteiger charge is -2.09. The first-order chi connectivity index (χ1) is 15.3. The molecule has 2 rings (SSSR count). The van der Waals surface area contributed by atoms with Gasteiger partial charge in [0.25, 0.3) is 0 Å². The van der Waals surface area contributed by atoms with E-state index in [1.165, 1.54) is 49.6 Å². The van der Waals surface area contributed by atoms with Gasteiger partial charge in [-0.2, -0.15) is 0 Å². The number of ether oxygens (including phenoxy) is 2. The minimum atomic E-state index is -1.10. The zero-order valence-corrected chi connectivity index (χ0v) is 17.3. The number of carboxylic acids is 1. The molecule has 0 atom stereocenters. The molecule has 0 aliphatic carbocycles. The predicted molar refractivity (Wildman–Crippen MR) is 116 cm³/mol. The molecule has 0 amide bonds. The number of ketones is 2. The molecule has 2 aromatic carbocycles. The normalized spacial score (nSPS) is 10.9. The summed E-state index contributed by atoms with van der Waals surface area (Å²) in [5.74, 6) is -2.09. The van der Waals surface area contributed by atoms with Gasteiger partial charge in [-0.3, -0.25) is 19.2 Å². The Hall–Kier alpha value is -4.20. The first kappa shape index (κ1) is 24.1. The van der Waals surface area contributed by atoms with Crippen LogP contribution in [0.25, 0.3) is 12.2 Å². The van der Waals surface area contributed by atoms with E-state index >= 15 is 0 Å². The highest BCUT2D eigenvalue weighted by Gasteiger charge is 2.12. The number of phenols is 1. The van der Waals surface area contributed by atoms with Crippen molar-refractivity contribution in [2.24, 2.45) is 0 Å². The Kier molecular flexibility index (Phi) is 8.91. The van der Waals surface area contributed by atoms with Crippen LogP contribution in [-0.4, -0.2) is 40.8 Å². The van der Waals surface area contributed by atoms with Crippen molar-refractivity contribution in [2.45, 2.75) is 19.3 Å². The van der Waals surface area contributed by atoms with Gasteiger partial charge in [-0.15, -0.1) is 0 Å². The van der Waals surface area contributed by atoms with E-state index in [0.717, 1.165) is 5.56 Å². The van der Waals surface area contributed by atoms with Crippen molar-refractivity contribution in [2.75, 3.05) is 7.11 Å². The minimum Gasteiger partial charge on any atom is -0.508 e. The Balaban J connectivity index is 1.94. The van der Waals surface area contributed by atoms with Crippen LogP contribution in [0.2, 0.25) is 0 Å². The number of carbonyl (C=O) groups excluding carboxylic acids is 3. The summed E-state index contributed by atoms with van der Waals surface area (Å²) in [6.45, 7) is 0. The van der Waals surface area contributed by atoms with Crippen LogP contribution >= 0.6 is 0 Å². The lowest BCUT2D eigenvalue weighted by atomic mass is 10.1. The van der Waals surface area contributed by atoms with E-state index in [0.29, 0.717) is 5.56 Å². The molecule has 0 saturated carbocycles. The number of carbonyl (C=O) groups is 4. The van der Waals surface area contributed by atoms with Gasteiger partial charge in [0.05, 0.1) is 26.4 Å². The Morgan fingerprint density at radius 1 is 0.844 bits per heavy atom. The fourth-order valence-corrected chi connectivity index (χ4v) is 2.51. The number of allylic oxidation sites excluding steroid dienone is 2. The van der Waals surface area contributed by atoms with Gasteiger partial charge in [-0.05, 0) is 47.5 Å². The summed E-state index contributed by atoms with van der Waals surface area (Å²) >= 11 is 0. The number of phenolic OH excluding ortho intramolecular Hbond substituents is 1. The molecule has 0 heterocycles. The molecule has 0 spiro atoms. The molecule has 0 aromatic heterocycles. The van der Waals surface area contributed by atoms with Crippen LogP contribution < -0.4 is 9.47 Å². The number of benzene rings is 2. The van der Waals surface area contributed by atoms with E-state index < -0.39 is 17.7 Å². The second kappa shape index (κ2) is 11.8. The van der Waals surface area contributed by atoms with Crippen molar-refractivity contribution in [3.05, 3.63) is 65.7 Å². The summed E-state index contributed by atoms with van der Waals surface area (Å²) in [7, 11) is 1.38. The number of hydrogen-bond acceptors (Lipinski definition) is 7. The topological polar surface area (TPSA) is 127 Å². The average molecular weight is 438 g/mol. The van der Waals surface area contributed by atoms with Gasteiger partial charge in [-0.1, -0.05) is 30.4 Å². The summed E-state index contributed by atoms with van der Waals surface area (Å²) in [5, 5.41) is 17.9. The Labute approximate surface area is 184 Å². The lowest BCUT2D eigenvalue weighted by molar-refractivity contribution is -0.142. The number of hydrogen-bond donors (Lipinski definition) is 2. The second-order valence-electron chi connectivity index (χ2n) is 6.65. The van der Waals surface area contributed by atoms with Crippen LogP contribution in [-0.2, 0) is 19.2 Å². The van der Waals surface area contributed by atoms with Crippen LogP contribution in [0.1, 0.15) is 30.4 Å². The molecular formula is C24H22O8. The smallest absolute Gasteiger partial charge is 0.311 e. The van der Waals surface area contributed by atoms with Crippen molar-refractivity contribution in [1.29, 1.82) is 0 Å². The van der Waals surface area contributed by atoms with Crippen LogP contribution in [0.3, 0.4) is 0 Å². The molecule has 0 bridgehead atoms. The van der Waals surface area contributed by atoms with Crippen LogP contribution in [0.15, 0.2) is 54.6 Å². The van der Waals surface area contributed by atoms with Gasteiger partial charge in [0, 0.05) is 0 Å². The molecule has 2 N–H and O–H groups in total. The van der Waals surface area contributed by atoms with Crippen molar-refractivity contribution < 1.29 is 38.9 Å². The third-order valence-electron chi connectivity index (χ3n) is 4.12. The van der Waals surface area contributed by atoms with E-state index in [-0.39, 0.29) is 42.3 Å². The fourth-order valence-electron chi connectivity index (χ4n) is 2.51. The Bertz CT molecular complexity index is 1050. The van der Waals surface area contributed by atoms with E-state index in [2.05, 4.69) is 0 Å². The summed E-state index contributed by atoms with van der Waals surface area (Å²) in [6.07, 6.45) is 4.70. The monoisotopic (exact) mass is 438 g/mol. The summed E-state index contributed by atoms with van der Waals surface area (Å²) in [4.78, 5) is 46.2. The van der Waals surface area contributed by atoms with Gasteiger partial charge in [0.15, 0.2) is 23.1 Å². The molecule has 0 saturated heterocycles. The van der Waals surface area contributed by atoms with Crippen LogP contribution in [0, 0.1) is 0 Å². The molecule has 8 heteroatoms. The maximum atomic E-state index is 12.1. The summed E-state index contributed by atoms with van der Waals surface area (Å²) < 4.78 is 10.3. The van der Waals surface area contributed by atoms with E-state index in [1.54, 1.807) is 24.3 Å². The van der Waals surface area contributed by atoms with Crippen molar-refractivity contribution in [3.63, 3.8) is 0 Å². The maximum Gasteiger partial charge on any atom is 0.311 e. The fraction of sp³-hybridized carbons (Fsp3) is 0.167. The molecule has 2 aromatic rings. The van der Waals surface area contributed by atoms with Gasteiger partial charge in [-0.25, -0.2) is 0 Å². The molecular weight excluding hydrogens is 416 g/mol. The van der Waals surface area contributed by atoms with Crippen LogP contribution in [0.4, 0.5) is 0 Å².